The van der Waals surface area contributed by atoms with Crippen LogP contribution in [0.2, 0.25) is 91.2 Å². The molecule has 1 N–H and O–H groups in total. The molecular formula is C20H50O6Si6. The summed E-state index contributed by atoms with van der Waals surface area (Å²) >= 11 is 0. The Morgan fingerprint density at radius 2 is 1.31 bits per heavy atom. The average Bonchev–Trinajstić information content (AvgIpc) is 2.43. The molecule has 0 aromatic carbocycles. The van der Waals surface area contributed by atoms with Crippen LogP contribution in [-0.4, -0.2) is 62.2 Å². The molecule has 0 heterocycles. The highest BCUT2D eigenvalue weighted by molar-refractivity contribution is 6.88. The van der Waals surface area contributed by atoms with E-state index in [1.54, 1.807) is 6.92 Å². The zero-order valence-electron chi connectivity index (χ0n) is 23.2. The first-order valence-electron chi connectivity index (χ1n) is 11.7. The lowest BCUT2D eigenvalue weighted by molar-refractivity contribution is -0.132. The van der Waals surface area contributed by atoms with Gasteiger partial charge < -0.3 is 21.6 Å². The Kier molecular flexibility index (Phi) is 12.0. The molecule has 0 aliphatic heterocycles. The van der Waals surface area contributed by atoms with E-state index in [-0.39, 0.29) is 0 Å². The van der Waals surface area contributed by atoms with Crippen molar-refractivity contribution in [1.29, 1.82) is 0 Å². The Morgan fingerprint density at radius 3 is 1.72 bits per heavy atom. The monoisotopic (exact) mass is 554 g/mol. The van der Waals surface area contributed by atoms with E-state index in [4.69, 9.17) is 16.5 Å². The van der Waals surface area contributed by atoms with Crippen molar-refractivity contribution >= 4 is 57.1 Å². The van der Waals surface area contributed by atoms with Crippen LogP contribution in [0.15, 0.2) is 10.8 Å². The number of carboxylic acids is 1. The minimum atomic E-state index is -2.37. The van der Waals surface area contributed by atoms with Crippen LogP contribution >= 0.6 is 0 Å². The van der Waals surface area contributed by atoms with Crippen LogP contribution in [0.3, 0.4) is 0 Å². The molecule has 1 atom stereocenters. The second-order valence-corrected chi connectivity index (χ2v) is 35.8. The zero-order valence-corrected chi connectivity index (χ0v) is 29.3. The molecule has 0 radical (unpaired) electrons. The maximum absolute atomic E-state index is 11.5. The lowest BCUT2D eigenvalue weighted by atomic mass is 10.2. The fourth-order valence-corrected chi connectivity index (χ4v) is 26.8. The van der Waals surface area contributed by atoms with Crippen LogP contribution in [0.25, 0.3) is 0 Å². The molecule has 1 unspecified atom stereocenters. The van der Waals surface area contributed by atoms with E-state index in [1.807, 2.05) is 0 Å². The average molecular weight is 555 g/mol. The van der Waals surface area contributed by atoms with Gasteiger partial charge in [-0.15, -0.1) is 0 Å². The van der Waals surface area contributed by atoms with Gasteiger partial charge in [-0.05, 0) is 84.9 Å². The molecule has 0 aromatic rings. The molecule has 0 aliphatic carbocycles. The third kappa shape index (κ3) is 13.9. The number of rotatable bonds is 14. The maximum atomic E-state index is 11.5. The molecule has 0 spiro atoms. The van der Waals surface area contributed by atoms with Crippen LogP contribution in [0.1, 0.15) is 19.8 Å². The van der Waals surface area contributed by atoms with E-state index in [0.29, 0.717) is 5.57 Å². The van der Waals surface area contributed by atoms with Crippen molar-refractivity contribution in [3.63, 3.8) is 0 Å². The Morgan fingerprint density at radius 1 is 0.812 bits per heavy atom. The van der Waals surface area contributed by atoms with Gasteiger partial charge in [0.05, 0.1) is 8.07 Å². The van der Waals surface area contributed by atoms with Crippen molar-refractivity contribution in [2.45, 2.75) is 111 Å². The molecule has 0 rings (SSSR count). The number of hydrogen-bond donors (Lipinski definition) is 1. The summed E-state index contributed by atoms with van der Waals surface area (Å²) in [5.74, 6) is -0.791. The highest BCUT2D eigenvalue weighted by Gasteiger charge is 2.42. The summed E-state index contributed by atoms with van der Waals surface area (Å²) in [4.78, 5) is 11.5. The van der Waals surface area contributed by atoms with Crippen molar-refractivity contribution in [2.24, 2.45) is 0 Å². The van der Waals surface area contributed by atoms with E-state index in [9.17, 15) is 9.90 Å². The number of allylic oxidation sites excluding steroid dienone is 1. The summed E-state index contributed by atoms with van der Waals surface area (Å²) in [6, 6.07) is 0.987. The van der Waals surface area contributed by atoms with Crippen LogP contribution in [0.4, 0.5) is 0 Å². The second kappa shape index (κ2) is 11.9. The first kappa shape index (κ1) is 32.4. The van der Waals surface area contributed by atoms with Crippen molar-refractivity contribution in [2.75, 3.05) is 0 Å². The molecule has 6 nitrogen and oxygen atoms in total. The summed E-state index contributed by atoms with van der Waals surface area (Å²) in [5, 5.41) is 10.6. The smallest absolute Gasteiger partial charge is 0.330 e. The van der Waals surface area contributed by atoms with E-state index in [1.165, 1.54) is 0 Å². The predicted molar refractivity (Wildman–Crippen MR) is 151 cm³/mol. The largest absolute Gasteiger partial charge is 0.478 e. The van der Waals surface area contributed by atoms with Crippen LogP contribution < -0.4 is 0 Å². The Bertz CT molecular complexity index is 664. The van der Waals surface area contributed by atoms with Gasteiger partial charge in [-0.1, -0.05) is 31.3 Å². The van der Waals surface area contributed by atoms with Crippen molar-refractivity contribution < 1.29 is 26.4 Å². The van der Waals surface area contributed by atoms with Gasteiger partial charge in [-0.2, -0.15) is 0 Å². The molecule has 0 saturated heterocycles. The van der Waals surface area contributed by atoms with Gasteiger partial charge in [0.25, 0.3) is 9.28 Å². The van der Waals surface area contributed by atoms with Gasteiger partial charge in [0.15, 0.2) is 16.6 Å². The topological polar surface area (TPSA) is 74.2 Å². The number of aliphatic carboxylic acids is 1. The quantitative estimate of drug-likeness (QED) is 0.198. The SMILES string of the molecule is CC(C(=O)O)=C(CCC[Si](C)(C)O[Si](C)(C)O[Si](C)(C)O[SiH](C)O[Si](C)(C)C)[Si](C)(C)C. The minimum Gasteiger partial charge on any atom is -0.478 e. The minimum absolute atomic E-state index is 0.534. The van der Waals surface area contributed by atoms with Gasteiger partial charge in [0, 0.05) is 5.57 Å². The van der Waals surface area contributed by atoms with E-state index >= 15 is 0 Å². The second-order valence-electron chi connectivity index (χ2n) is 12.2. The first-order chi connectivity index (χ1) is 14.0. The van der Waals surface area contributed by atoms with Crippen molar-refractivity contribution in [3.05, 3.63) is 10.8 Å². The lowest BCUT2D eigenvalue weighted by Gasteiger charge is -2.39. The van der Waals surface area contributed by atoms with Crippen molar-refractivity contribution in [1.82, 2.24) is 0 Å². The van der Waals surface area contributed by atoms with Gasteiger partial charge in [-0.25, -0.2) is 4.79 Å². The highest BCUT2D eigenvalue weighted by Crippen LogP contribution is 2.29. The summed E-state index contributed by atoms with van der Waals surface area (Å²) in [7, 11) is -11.7. The Balaban J connectivity index is 5.06. The molecule has 12 heteroatoms. The summed E-state index contributed by atoms with van der Waals surface area (Å²) in [6.07, 6.45) is 1.80. The standard InChI is InChI=1S/C20H50O6Si6/c1-18(20(21)22)19(28(3,4)5)16-15-17-30(9,10)25-32(13,14)26-31(11,12)24-27(2)23-29(6,7)8/h27H,15-17H2,1-14H3,(H,21,22). The van der Waals surface area contributed by atoms with E-state index in [2.05, 4.69) is 85.1 Å². The fourth-order valence-electron chi connectivity index (χ4n) is 4.22. The molecule has 0 aromatic heterocycles. The molecule has 32 heavy (non-hydrogen) atoms. The Labute approximate surface area is 204 Å². The number of hydrogen-bond acceptors (Lipinski definition) is 5. The molecule has 0 fully saturated rings. The summed E-state index contributed by atoms with van der Waals surface area (Å²) in [6.45, 7) is 30.0. The van der Waals surface area contributed by atoms with E-state index in [0.717, 1.165) is 24.1 Å². The summed E-state index contributed by atoms with van der Waals surface area (Å²) in [5.41, 5.74) is 0.534. The number of carboxylic acid groups (broad SMARTS) is 1. The third-order valence-electron chi connectivity index (χ3n) is 4.87. The molecule has 0 amide bonds. The van der Waals surface area contributed by atoms with Crippen molar-refractivity contribution in [3.8, 4) is 0 Å². The van der Waals surface area contributed by atoms with Gasteiger partial charge in [0.1, 0.15) is 0 Å². The van der Waals surface area contributed by atoms with Gasteiger partial charge in [-0.3, -0.25) is 0 Å². The van der Waals surface area contributed by atoms with Crippen LogP contribution in [-0.2, 0) is 21.3 Å². The molecule has 0 saturated carbocycles. The van der Waals surface area contributed by atoms with Gasteiger partial charge in [0.2, 0.25) is 0 Å². The normalized spacial score (nSPS) is 16.1. The third-order valence-corrected chi connectivity index (χ3v) is 24.7. The fraction of sp³-hybridized carbons (Fsp3) is 0.850. The van der Waals surface area contributed by atoms with Crippen LogP contribution in [0, 0.1) is 0 Å². The molecular weight excluding hydrogens is 505 g/mol. The molecule has 0 aliphatic rings. The zero-order chi connectivity index (χ0) is 25.8. The first-order valence-corrected chi connectivity index (χ1v) is 29.4. The van der Waals surface area contributed by atoms with Crippen LogP contribution in [0.5, 0.6) is 0 Å². The maximum Gasteiger partial charge on any atom is 0.330 e. The lowest BCUT2D eigenvalue weighted by Crippen LogP contribution is -2.55. The molecule has 190 valence electrons. The van der Waals surface area contributed by atoms with Gasteiger partial charge >= 0.3 is 23.1 Å². The molecule has 0 bridgehead atoms. The van der Waals surface area contributed by atoms with E-state index < -0.39 is 57.1 Å². The highest BCUT2D eigenvalue weighted by atomic mass is 28.5. The Hall–Kier alpha value is 0.351. The summed E-state index contributed by atoms with van der Waals surface area (Å²) < 4.78 is 25.8. The predicted octanol–water partition coefficient (Wildman–Crippen LogP) is 6.41. The number of carbonyl (C=O) groups is 1.